The Balaban J connectivity index is 1.50. The molecule has 1 aromatic rings. The smallest absolute Gasteiger partial charge is 0.172 e. The van der Waals surface area contributed by atoms with Gasteiger partial charge in [-0.25, -0.2) is 8.78 Å². The number of ether oxygens (including phenoxy) is 2. The van der Waals surface area contributed by atoms with Crippen LogP contribution in [-0.4, -0.2) is 48.8 Å². The standard InChI is InChI=1S/C19H28F2N2O3/c1-11-18(26-10-19(2)3-4-19)25-9-16(23-11)17(24)15(22)7-12-5-13(20)8-14(21)6-12/h5-6,8,11,15-18,23-24H,3-4,7,9-10,22H2,1-2H3/t11-,15-,16+,17-,18-/m0/s1. The van der Waals surface area contributed by atoms with Crippen LogP contribution in [0.25, 0.3) is 0 Å². The number of morpholine rings is 1. The highest BCUT2D eigenvalue weighted by atomic mass is 19.1. The first-order valence-electron chi connectivity index (χ1n) is 9.14. The monoisotopic (exact) mass is 370 g/mol. The highest BCUT2D eigenvalue weighted by molar-refractivity contribution is 5.19. The fourth-order valence-corrected chi connectivity index (χ4v) is 3.26. The number of rotatable bonds is 7. The first-order chi connectivity index (χ1) is 12.3. The summed E-state index contributed by atoms with van der Waals surface area (Å²) in [7, 11) is 0. The molecule has 2 fully saturated rings. The first-order valence-corrected chi connectivity index (χ1v) is 9.14. The van der Waals surface area contributed by atoms with Gasteiger partial charge in [-0.3, -0.25) is 0 Å². The maximum absolute atomic E-state index is 13.3. The lowest BCUT2D eigenvalue weighted by Gasteiger charge is -2.39. The Hall–Kier alpha value is -1.12. The van der Waals surface area contributed by atoms with E-state index < -0.39 is 23.8 Å². The van der Waals surface area contributed by atoms with Crippen molar-refractivity contribution < 1.29 is 23.4 Å². The molecule has 3 rings (SSSR count). The third-order valence-corrected chi connectivity index (χ3v) is 5.27. The highest BCUT2D eigenvalue weighted by Crippen LogP contribution is 2.45. The van der Waals surface area contributed by atoms with Gasteiger partial charge in [-0.2, -0.15) is 0 Å². The van der Waals surface area contributed by atoms with E-state index in [1.54, 1.807) is 0 Å². The third-order valence-electron chi connectivity index (χ3n) is 5.27. The molecule has 0 spiro atoms. The number of hydrogen-bond donors (Lipinski definition) is 3. The zero-order valence-corrected chi connectivity index (χ0v) is 15.3. The van der Waals surface area contributed by atoms with E-state index in [0.717, 1.165) is 6.07 Å². The average molecular weight is 370 g/mol. The van der Waals surface area contributed by atoms with Crippen LogP contribution in [0, 0.1) is 17.0 Å². The molecule has 1 saturated carbocycles. The predicted octanol–water partition coefficient (Wildman–Crippen LogP) is 1.72. The van der Waals surface area contributed by atoms with Crippen LogP contribution in [0.15, 0.2) is 18.2 Å². The van der Waals surface area contributed by atoms with Crippen molar-refractivity contribution in [3.05, 3.63) is 35.4 Å². The fourth-order valence-electron chi connectivity index (χ4n) is 3.26. The molecule has 1 saturated heterocycles. The summed E-state index contributed by atoms with van der Waals surface area (Å²) in [4.78, 5) is 0. The van der Waals surface area contributed by atoms with Gasteiger partial charge in [0.1, 0.15) is 11.6 Å². The molecule has 1 aliphatic carbocycles. The number of aliphatic hydroxyl groups is 1. The largest absolute Gasteiger partial charge is 0.390 e. The molecule has 1 heterocycles. The molecule has 4 N–H and O–H groups in total. The molecule has 0 radical (unpaired) electrons. The van der Waals surface area contributed by atoms with Crippen LogP contribution in [0.3, 0.4) is 0 Å². The summed E-state index contributed by atoms with van der Waals surface area (Å²) in [6.45, 7) is 5.06. The van der Waals surface area contributed by atoms with Gasteiger partial charge >= 0.3 is 0 Å². The van der Waals surface area contributed by atoms with Gasteiger partial charge in [-0.1, -0.05) is 6.92 Å². The highest BCUT2D eigenvalue weighted by Gasteiger charge is 2.40. The molecule has 1 aromatic carbocycles. The maximum atomic E-state index is 13.3. The average Bonchev–Trinajstić information content (AvgIpc) is 3.30. The van der Waals surface area contributed by atoms with Crippen LogP contribution in [-0.2, 0) is 15.9 Å². The van der Waals surface area contributed by atoms with Crippen molar-refractivity contribution in [3.63, 3.8) is 0 Å². The van der Waals surface area contributed by atoms with Gasteiger partial charge < -0.3 is 25.6 Å². The minimum Gasteiger partial charge on any atom is -0.390 e. The van der Waals surface area contributed by atoms with Gasteiger partial charge in [0, 0.05) is 12.1 Å². The van der Waals surface area contributed by atoms with E-state index in [1.165, 1.54) is 25.0 Å². The Morgan fingerprint density at radius 1 is 1.35 bits per heavy atom. The molecule has 0 aromatic heterocycles. The summed E-state index contributed by atoms with van der Waals surface area (Å²) < 4.78 is 38.2. The van der Waals surface area contributed by atoms with E-state index >= 15 is 0 Å². The van der Waals surface area contributed by atoms with Gasteiger partial charge in [-0.05, 0) is 49.3 Å². The zero-order chi connectivity index (χ0) is 18.9. The Bertz CT molecular complexity index is 607. The maximum Gasteiger partial charge on any atom is 0.172 e. The number of nitrogens with one attached hydrogen (secondary N) is 1. The Labute approximate surface area is 152 Å². The summed E-state index contributed by atoms with van der Waals surface area (Å²) in [5.74, 6) is -1.31. The Kier molecular flexibility index (Phi) is 5.94. The number of halogens is 2. The molecule has 2 aliphatic rings. The summed E-state index contributed by atoms with van der Waals surface area (Å²) in [6, 6.07) is 2.13. The molecule has 0 amide bonds. The summed E-state index contributed by atoms with van der Waals surface area (Å²) in [6.07, 6.45) is 1.26. The molecule has 1 aliphatic heterocycles. The molecule has 7 heteroatoms. The van der Waals surface area contributed by atoms with Crippen molar-refractivity contribution in [2.24, 2.45) is 11.1 Å². The molecule has 5 atom stereocenters. The van der Waals surface area contributed by atoms with Crippen LogP contribution >= 0.6 is 0 Å². The second-order valence-electron chi connectivity index (χ2n) is 8.02. The molecular formula is C19H28F2N2O3. The number of nitrogens with two attached hydrogens (primary N) is 1. The minimum absolute atomic E-state index is 0.0930. The topological polar surface area (TPSA) is 76.7 Å². The lowest BCUT2D eigenvalue weighted by atomic mass is 9.96. The zero-order valence-electron chi connectivity index (χ0n) is 15.3. The number of hydrogen-bond acceptors (Lipinski definition) is 5. The molecule has 146 valence electrons. The van der Waals surface area contributed by atoms with Gasteiger partial charge in [-0.15, -0.1) is 0 Å². The van der Waals surface area contributed by atoms with E-state index in [-0.39, 0.29) is 36.8 Å². The fraction of sp³-hybridized carbons (Fsp3) is 0.684. The van der Waals surface area contributed by atoms with Crippen LogP contribution in [0.2, 0.25) is 0 Å². The predicted molar refractivity (Wildman–Crippen MR) is 93.5 cm³/mol. The van der Waals surface area contributed by atoms with E-state index in [2.05, 4.69) is 12.2 Å². The first kappa shape index (κ1) is 19.6. The summed E-state index contributed by atoms with van der Waals surface area (Å²) in [5.41, 5.74) is 6.76. The van der Waals surface area contributed by atoms with E-state index in [4.69, 9.17) is 15.2 Å². The van der Waals surface area contributed by atoms with E-state index in [0.29, 0.717) is 12.2 Å². The van der Waals surface area contributed by atoms with Crippen molar-refractivity contribution >= 4 is 0 Å². The Morgan fingerprint density at radius 3 is 2.58 bits per heavy atom. The van der Waals surface area contributed by atoms with Crippen LogP contribution in [0.4, 0.5) is 8.78 Å². The normalized spacial score (nSPS) is 30.0. The van der Waals surface area contributed by atoms with Gasteiger partial charge in [0.15, 0.2) is 6.29 Å². The molecule has 5 nitrogen and oxygen atoms in total. The van der Waals surface area contributed by atoms with Crippen LogP contribution in [0.5, 0.6) is 0 Å². The SMILES string of the molecule is C[C@@H]1N[C@@H]([C@@H](O)[C@@H](N)Cc2cc(F)cc(F)c2)CO[C@H]1OCC1(C)CC1. The van der Waals surface area contributed by atoms with E-state index in [9.17, 15) is 13.9 Å². The lowest BCUT2D eigenvalue weighted by molar-refractivity contribution is -0.197. The number of benzene rings is 1. The van der Waals surface area contributed by atoms with Crippen molar-refractivity contribution in [2.75, 3.05) is 13.2 Å². The van der Waals surface area contributed by atoms with Gasteiger partial charge in [0.25, 0.3) is 0 Å². The third kappa shape index (κ3) is 4.98. The van der Waals surface area contributed by atoms with Crippen molar-refractivity contribution in [3.8, 4) is 0 Å². The molecule has 0 bridgehead atoms. The summed E-state index contributed by atoms with van der Waals surface area (Å²) in [5, 5.41) is 13.8. The second kappa shape index (κ2) is 7.86. The van der Waals surface area contributed by atoms with Crippen LogP contribution < -0.4 is 11.1 Å². The molecular weight excluding hydrogens is 342 g/mol. The second-order valence-corrected chi connectivity index (χ2v) is 8.02. The lowest BCUT2D eigenvalue weighted by Crippen LogP contribution is -2.61. The molecule has 0 unspecified atom stereocenters. The minimum atomic E-state index is -0.911. The van der Waals surface area contributed by atoms with Crippen molar-refractivity contribution in [1.29, 1.82) is 0 Å². The molecule has 26 heavy (non-hydrogen) atoms. The van der Waals surface area contributed by atoms with E-state index in [1.807, 2.05) is 6.92 Å². The van der Waals surface area contributed by atoms with Crippen LogP contribution in [0.1, 0.15) is 32.3 Å². The van der Waals surface area contributed by atoms with Gasteiger partial charge in [0.2, 0.25) is 0 Å². The van der Waals surface area contributed by atoms with Gasteiger partial charge in [0.05, 0.1) is 31.4 Å². The van der Waals surface area contributed by atoms with Crippen molar-refractivity contribution in [1.82, 2.24) is 5.32 Å². The van der Waals surface area contributed by atoms with Crippen molar-refractivity contribution in [2.45, 2.75) is 63.6 Å². The quantitative estimate of drug-likeness (QED) is 0.681. The summed E-state index contributed by atoms with van der Waals surface area (Å²) >= 11 is 0. The number of aliphatic hydroxyl groups excluding tert-OH is 1. The Morgan fingerprint density at radius 2 is 2.00 bits per heavy atom.